The number of rotatable bonds is 5. The Balaban J connectivity index is 2.41. The van der Waals surface area contributed by atoms with Crippen molar-refractivity contribution >= 4 is 35.0 Å². The first-order valence-corrected chi connectivity index (χ1v) is 6.95. The molecule has 1 aromatic heterocycles. The second-order valence-corrected chi connectivity index (χ2v) is 4.99. The number of nitrogens with one attached hydrogen (secondary N) is 1. The van der Waals surface area contributed by atoms with Crippen LogP contribution in [0.3, 0.4) is 0 Å². The van der Waals surface area contributed by atoms with Gasteiger partial charge in [0.05, 0.1) is 11.6 Å². The van der Waals surface area contributed by atoms with E-state index in [2.05, 4.69) is 9.97 Å². The minimum Gasteiger partial charge on any atom is -0.465 e. The Hall–Kier alpha value is -1.85. The normalized spacial score (nSPS) is 12.0. The van der Waals surface area contributed by atoms with Crippen molar-refractivity contribution in [2.75, 3.05) is 6.61 Å². The molecule has 0 fully saturated rings. The van der Waals surface area contributed by atoms with E-state index >= 15 is 0 Å². The summed E-state index contributed by atoms with van der Waals surface area (Å²) in [7, 11) is 0. The molecule has 0 radical (unpaired) electrons. The fourth-order valence-corrected chi connectivity index (χ4v) is 2.35. The topological polar surface area (TPSA) is 72.1 Å². The summed E-state index contributed by atoms with van der Waals surface area (Å²) in [6.07, 6.45) is 2.98. The molecule has 1 unspecified atom stereocenters. The van der Waals surface area contributed by atoms with Gasteiger partial charge in [-0.3, -0.25) is 9.59 Å². The second kappa shape index (κ2) is 6.74. The van der Waals surface area contributed by atoms with E-state index in [0.29, 0.717) is 5.02 Å². The molecule has 0 aliphatic heterocycles. The molecule has 2 rings (SSSR count). The van der Waals surface area contributed by atoms with E-state index in [1.807, 2.05) is 0 Å². The average Bonchev–Trinajstić information content (AvgIpc) is 2.92. The van der Waals surface area contributed by atoms with Gasteiger partial charge >= 0.3 is 5.97 Å². The zero-order chi connectivity index (χ0) is 15.4. The maximum atomic E-state index is 12.6. The van der Waals surface area contributed by atoms with E-state index in [0.717, 1.165) is 0 Å². The Bertz CT molecular complexity index is 656. The molecule has 0 amide bonds. The highest BCUT2D eigenvalue weighted by molar-refractivity contribution is 6.37. The number of hydrogen-bond acceptors (Lipinski definition) is 4. The van der Waals surface area contributed by atoms with Crippen molar-refractivity contribution in [1.29, 1.82) is 0 Å². The SMILES string of the molecule is CCOC(=O)C(C(=O)c1ccc(Cl)cc1Cl)c1ncc[nH]1. The summed E-state index contributed by atoms with van der Waals surface area (Å²) in [5.41, 5.74) is 0.190. The van der Waals surface area contributed by atoms with Gasteiger partial charge in [-0.05, 0) is 25.1 Å². The average molecular weight is 327 g/mol. The van der Waals surface area contributed by atoms with Gasteiger partial charge in [-0.2, -0.15) is 0 Å². The van der Waals surface area contributed by atoms with Gasteiger partial charge in [0, 0.05) is 23.0 Å². The Kier molecular flexibility index (Phi) is 4.98. The number of benzene rings is 1. The van der Waals surface area contributed by atoms with Crippen LogP contribution in [0.1, 0.15) is 29.0 Å². The molecule has 0 bridgehead atoms. The first kappa shape index (κ1) is 15.5. The van der Waals surface area contributed by atoms with E-state index in [1.54, 1.807) is 6.92 Å². The molecule has 0 saturated carbocycles. The van der Waals surface area contributed by atoms with Gasteiger partial charge in [0.15, 0.2) is 11.7 Å². The Morgan fingerprint density at radius 3 is 2.71 bits per heavy atom. The number of aromatic nitrogens is 2. The van der Waals surface area contributed by atoms with Crippen molar-refractivity contribution in [3.8, 4) is 0 Å². The summed E-state index contributed by atoms with van der Waals surface area (Å²) in [5, 5.41) is 0.579. The quantitative estimate of drug-likeness (QED) is 0.520. The van der Waals surface area contributed by atoms with Gasteiger partial charge in [-0.1, -0.05) is 23.2 Å². The van der Waals surface area contributed by atoms with Gasteiger partial charge in [0.25, 0.3) is 0 Å². The number of ketones is 1. The Morgan fingerprint density at radius 1 is 1.38 bits per heavy atom. The van der Waals surface area contributed by atoms with Crippen LogP contribution < -0.4 is 0 Å². The number of esters is 1. The lowest BCUT2D eigenvalue weighted by molar-refractivity contribution is -0.143. The van der Waals surface area contributed by atoms with Crippen LogP contribution in [0.2, 0.25) is 10.0 Å². The molecule has 0 aliphatic carbocycles. The monoisotopic (exact) mass is 326 g/mol. The number of carbonyl (C=O) groups is 2. The molecule has 0 saturated heterocycles. The number of ether oxygens (including phenoxy) is 1. The summed E-state index contributed by atoms with van der Waals surface area (Å²) in [6, 6.07) is 4.45. The molecular formula is C14H12Cl2N2O3. The van der Waals surface area contributed by atoms with Crippen LogP contribution in [-0.2, 0) is 9.53 Å². The van der Waals surface area contributed by atoms with Crippen LogP contribution in [0.5, 0.6) is 0 Å². The lowest BCUT2D eigenvalue weighted by Gasteiger charge is -2.13. The standard InChI is InChI=1S/C14H12Cl2N2O3/c1-2-21-14(20)11(13-17-5-6-18-13)12(19)9-4-3-8(15)7-10(9)16/h3-7,11H,2H2,1H3,(H,17,18). The largest absolute Gasteiger partial charge is 0.465 e. The van der Waals surface area contributed by atoms with E-state index in [4.69, 9.17) is 27.9 Å². The molecule has 1 atom stereocenters. The smallest absolute Gasteiger partial charge is 0.324 e. The van der Waals surface area contributed by atoms with E-state index < -0.39 is 17.7 Å². The molecule has 110 valence electrons. The fraction of sp³-hybridized carbons (Fsp3) is 0.214. The van der Waals surface area contributed by atoms with Crippen molar-refractivity contribution in [1.82, 2.24) is 9.97 Å². The number of H-pyrrole nitrogens is 1. The van der Waals surface area contributed by atoms with Gasteiger partial charge < -0.3 is 9.72 Å². The number of carbonyl (C=O) groups excluding carboxylic acids is 2. The minimum atomic E-state index is -1.18. The van der Waals surface area contributed by atoms with Crippen molar-refractivity contribution < 1.29 is 14.3 Å². The molecule has 0 aliphatic rings. The molecule has 7 heteroatoms. The fourth-order valence-electron chi connectivity index (χ4n) is 1.85. The van der Waals surface area contributed by atoms with Gasteiger partial charge in [-0.25, -0.2) is 4.98 Å². The third kappa shape index (κ3) is 3.43. The summed E-state index contributed by atoms with van der Waals surface area (Å²) in [5.74, 6) is -2.14. The summed E-state index contributed by atoms with van der Waals surface area (Å²) in [6.45, 7) is 1.83. The summed E-state index contributed by atoms with van der Waals surface area (Å²) < 4.78 is 4.95. The third-order valence-corrected chi connectivity index (χ3v) is 3.32. The Labute approximate surface area is 131 Å². The highest BCUT2D eigenvalue weighted by Gasteiger charge is 2.33. The summed E-state index contributed by atoms with van der Waals surface area (Å²) >= 11 is 11.8. The van der Waals surface area contributed by atoms with Crippen LogP contribution in [0, 0.1) is 0 Å². The van der Waals surface area contributed by atoms with Crippen molar-refractivity contribution in [2.45, 2.75) is 12.8 Å². The van der Waals surface area contributed by atoms with E-state index in [1.165, 1.54) is 30.6 Å². The van der Waals surface area contributed by atoms with Crippen LogP contribution in [-0.4, -0.2) is 28.3 Å². The predicted octanol–water partition coefficient (Wildman–Crippen LogP) is 3.25. The molecule has 1 heterocycles. The third-order valence-electron chi connectivity index (χ3n) is 2.77. The molecule has 0 spiro atoms. The highest BCUT2D eigenvalue weighted by atomic mass is 35.5. The lowest BCUT2D eigenvalue weighted by atomic mass is 9.97. The molecule has 1 aromatic carbocycles. The van der Waals surface area contributed by atoms with Crippen molar-refractivity contribution in [2.24, 2.45) is 0 Å². The number of imidazole rings is 1. The maximum absolute atomic E-state index is 12.6. The molecular weight excluding hydrogens is 315 g/mol. The van der Waals surface area contributed by atoms with E-state index in [-0.39, 0.29) is 23.0 Å². The first-order chi connectivity index (χ1) is 10.0. The van der Waals surface area contributed by atoms with Crippen LogP contribution in [0.25, 0.3) is 0 Å². The van der Waals surface area contributed by atoms with Crippen LogP contribution in [0.15, 0.2) is 30.6 Å². The van der Waals surface area contributed by atoms with Crippen molar-refractivity contribution in [3.05, 3.63) is 52.0 Å². The van der Waals surface area contributed by atoms with Crippen molar-refractivity contribution in [3.63, 3.8) is 0 Å². The number of Topliss-reactive ketones (excluding diaryl/α,β-unsaturated/α-hetero) is 1. The highest BCUT2D eigenvalue weighted by Crippen LogP contribution is 2.27. The van der Waals surface area contributed by atoms with Gasteiger partial charge in [0.2, 0.25) is 0 Å². The van der Waals surface area contributed by atoms with Crippen LogP contribution in [0.4, 0.5) is 0 Å². The number of hydrogen-bond donors (Lipinski definition) is 1. The van der Waals surface area contributed by atoms with Gasteiger partial charge in [0.1, 0.15) is 5.82 Å². The maximum Gasteiger partial charge on any atom is 0.324 e. The zero-order valence-electron chi connectivity index (χ0n) is 11.1. The van der Waals surface area contributed by atoms with E-state index in [9.17, 15) is 9.59 Å². The van der Waals surface area contributed by atoms with Gasteiger partial charge in [-0.15, -0.1) is 0 Å². The number of nitrogens with zero attached hydrogens (tertiary/aromatic N) is 1. The molecule has 21 heavy (non-hydrogen) atoms. The minimum absolute atomic E-state index is 0.164. The first-order valence-electron chi connectivity index (χ1n) is 6.19. The lowest BCUT2D eigenvalue weighted by Crippen LogP contribution is -2.25. The zero-order valence-corrected chi connectivity index (χ0v) is 12.6. The Morgan fingerprint density at radius 2 is 2.14 bits per heavy atom. The molecule has 1 N–H and O–H groups in total. The number of halogens is 2. The predicted molar refractivity (Wildman–Crippen MR) is 78.8 cm³/mol. The molecule has 2 aromatic rings. The second-order valence-electron chi connectivity index (χ2n) is 4.15. The molecule has 5 nitrogen and oxygen atoms in total. The number of aromatic amines is 1. The van der Waals surface area contributed by atoms with Crippen LogP contribution >= 0.6 is 23.2 Å². The summed E-state index contributed by atoms with van der Waals surface area (Å²) in [4.78, 5) is 31.4.